The predicted molar refractivity (Wildman–Crippen MR) is 70.3 cm³/mol. The molecule has 0 aromatic carbocycles. The summed E-state index contributed by atoms with van der Waals surface area (Å²) in [6.07, 6.45) is 3.27. The molecular weight excluding hydrogens is 224 g/mol. The van der Waals surface area contributed by atoms with Crippen molar-refractivity contribution in [1.82, 2.24) is 4.98 Å². The Bertz CT molecular complexity index is 507. The van der Waals surface area contributed by atoms with E-state index in [-0.39, 0.29) is 6.04 Å². The largest absolute Gasteiger partial charge is 0.354 e. The molecule has 1 aliphatic carbocycles. The smallest absolute Gasteiger partial charge is 0.146 e. The summed E-state index contributed by atoms with van der Waals surface area (Å²) >= 11 is 0. The lowest BCUT2D eigenvalue weighted by molar-refractivity contribution is 0.566. The Kier molecular flexibility index (Phi) is 2.71. The second-order valence-corrected chi connectivity index (χ2v) is 5.48. The monoisotopic (exact) mass is 242 g/mol. The number of anilines is 1. The molecule has 2 aliphatic rings. The van der Waals surface area contributed by atoms with E-state index in [9.17, 15) is 5.26 Å². The van der Waals surface area contributed by atoms with Crippen LogP contribution in [0.3, 0.4) is 0 Å². The van der Waals surface area contributed by atoms with Crippen LogP contribution in [-0.2, 0) is 12.8 Å². The average Bonchev–Trinajstić information content (AvgIpc) is 2.94. The number of hydrogen-bond donors (Lipinski definition) is 1. The van der Waals surface area contributed by atoms with Gasteiger partial charge in [0.2, 0.25) is 0 Å². The fourth-order valence-corrected chi connectivity index (χ4v) is 2.95. The van der Waals surface area contributed by atoms with Crippen LogP contribution in [0.25, 0.3) is 0 Å². The first kappa shape index (κ1) is 11.5. The average molecular weight is 242 g/mol. The molecule has 1 fully saturated rings. The first-order chi connectivity index (χ1) is 8.69. The molecular formula is C14H18N4. The van der Waals surface area contributed by atoms with Gasteiger partial charge in [-0.2, -0.15) is 5.26 Å². The molecule has 94 valence electrons. The molecule has 3 rings (SSSR count). The molecule has 0 radical (unpaired) electrons. The second-order valence-electron chi connectivity index (χ2n) is 5.48. The van der Waals surface area contributed by atoms with Gasteiger partial charge in [-0.1, -0.05) is 6.92 Å². The molecule has 2 unspecified atom stereocenters. The molecule has 1 aromatic heterocycles. The Balaban J connectivity index is 1.99. The summed E-state index contributed by atoms with van der Waals surface area (Å²) in [5.41, 5.74) is 9.20. The molecule has 0 saturated carbocycles. The molecule has 0 amide bonds. The summed E-state index contributed by atoms with van der Waals surface area (Å²) in [6, 6.07) is 4.50. The maximum Gasteiger partial charge on any atom is 0.146 e. The third-order valence-electron chi connectivity index (χ3n) is 4.12. The molecule has 0 bridgehead atoms. The number of rotatable bonds is 1. The Hall–Kier alpha value is -1.60. The van der Waals surface area contributed by atoms with Crippen molar-refractivity contribution in [2.45, 2.75) is 32.2 Å². The number of pyridine rings is 1. The minimum absolute atomic E-state index is 0.187. The van der Waals surface area contributed by atoms with Crippen LogP contribution in [0.15, 0.2) is 6.07 Å². The van der Waals surface area contributed by atoms with Crippen LogP contribution in [0, 0.1) is 17.2 Å². The van der Waals surface area contributed by atoms with Gasteiger partial charge in [-0.3, -0.25) is 0 Å². The fraction of sp³-hybridized carbons (Fsp3) is 0.571. The highest BCUT2D eigenvalue weighted by atomic mass is 15.2. The normalized spacial score (nSPS) is 26.2. The molecule has 0 spiro atoms. The van der Waals surface area contributed by atoms with Gasteiger partial charge >= 0.3 is 0 Å². The van der Waals surface area contributed by atoms with Gasteiger partial charge in [-0.05, 0) is 36.8 Å². The molecule has 18 heavy (non-hydrogen) atoms. The summed E-state index contributed by atoms with van der Waals surface area (Å²) in [4.78, 5) is 6.90. The zero-order chi connectivity index (χ0) is 12.7. The van der Waals surface area contributed by atoms with Crippen molar-refractivity contribution in [1.29, 1.82) is 5.26 Å². The lowest BCUT2D eigenvalue weighted by atomic mass is 10.1. The highest BCUT2D eigenvalue weighted by Crippen LogP contribution is 2.29. The first-order valence-corrected chi connectivity index (χ1v) is 6.62. The summed E-state index contributed by atoms with van der Waals surface area (Å²) in [6.45, 7) is 3.87. The summed E-state index contributed by atoms with van der Waals surface area (Å²) < 4.78 is 0. The van der Waals surface area contributed by atoms with Crippen molar-refractivity contribution in [2.75, 3.05) is 18.0 Å². The van der Waals surface area contributed by atoms with Crippen molar-refractivity contribution in [3.8, 4) is 6.07 Å². The number of nitrogens with zero attached hydrogens (tertiary/aromatic N) is 3. The first-order valence-electron chi connectivity index (χ1n) is 6.62. The van der Waals surface area contributed by atoms with Crippen LogP contribution in [0.5, 0.6) is 0 Å². The van der Waals surface area contributed by atoms with Gasteiger partial charge in [0.15, 0.2) is 0 Å². The van der Waals surface area contributed by atoms with E-state index in [0.717, 1.165) is 38.2 Å². The Morgan fingerprint density at radius 3 is 2.94 bits per heavy atom. The van der Waals surface area contributed by atoms with Gasteiger partial charge in [-0.15, -0.1) is 0 Å². The second kappa shape index (κ2) is 4.25. The molecule has 1 aromatic rings. The predicted octanol–water partition coefficient (Wildman–Crippen LogP) is 1.23. The van der Waals surface area contributed by atoms with Crippen LogP contribution in [0.1, 0.15) is 30.2 Å². The van der Waals surface area contributed by atoms with Gasteiger partial charge in [0.25, 0.3) is 0 Å². The molecule has 2 heterocycles. The van der Waals surface area contributed by atoms with Gasteiger partial charge < -0.3 is 10.6 Å². The highest BCUT2D eigenvalue weighted by molar-refractivity contribution is 5.57. The van der Waals surface area contributed by atoms with E-state index >= 15 is 0 Å². The van der Waals surface area contributed by atoms with E-state index in [1.807, 2.05) is 6.07 Å². The van der Waals surface area contributed by atoms with E-state index in [4.69, 9.17) is 10.7 Å². The molecule has 4 nitrogen and oxygen atoms in total. The van der Waals surface area contributed by atoms with E-state index in [1.165, 1.54) is 11.3 Å². The van der Waals surface area contributed by atoms with Crippen LogP contribution < -0.4 is 10.6 Å². The van der Waals surface area contributed by atoms with Crippen LogP contribution in [0.4, 0.5) is 5.82 Å². The Labute approximate surface area is 107 Å². The summed E-state index contributed by atoms with van der Waals surface area (Å²) in [7, 11) is 0. The van der Waals surface area contributed by atoms with Gasteiger partial charge in [-0.25, -0.2) is 4.98 Å². The lowest BCUT2D eigenvalue weighted by Gasteiger charge is -2.19. The Morgan fingerprint density at radius 2 is 2.28 bits per heavy atom. The van der Waals surface area contributed by atoms with Crippen LogP contribution >= 0.6 is 0 Å². The van der Waals surface area contributed by atoms with E-state index in [2.05, 4.69) is 17.9 Å². The molecule has 2 N–H and O–H groups in total. The number of fused-ring (bicyclic) bond motifs is 1. The third kappa shape index (κ3) is 1.75. The maximum absolute atomic E-state index is 9.29. The minimum Gasteiger partial charge on any atom is -0.354 e. The quantitative estimate of drug-likeness (QED) is 0.804. The third-order valence-corrected chi connectivity index (χ3v) is 4.12. The molecule has 1 aliphatic heterocycles. The van der Waals surface area contributed by atoms with Crippen molar-refractivity contribution in [3.05, 3.63) is 22.9 Å². The minimum atomic E-state index is 0.187. The number of nitriles is 1. The fourth-order valence-electron chi connectivity index (χ4n) is 2.95. The van der Waals surface area contributed by atoms with E-state index < -0.39 is 0 Å². The number of hydrogen-bond acceptors (Lipinski definition) is 4. The van der Waals surface area contributed by atoms with Crippen molar-refractivity contribution in [3.63, 3.8) is 0 Å². The van der Waals surface area contributed by atoms with Crippen LogP contribution in [0.2, 0.25) is 0 Å². The van der Waals surface area contributed by atoms with Gasteiger partial charge in [0, 0.05) is 24.8 Å². The SMILES string of the molecule is CC1CN(c2nc3c(cc2C#N)CCC3)CC1N. The number of nitrogens with two attached hydrogens (primary N) is 1. The van der Waals surface area contributed by atoms with E-state index in [0.29, 0.717) is 11.5 Å². The maximum atomic E-state index is 9.29. The summed E-state index contributed by atoms with van der Waals surface area (Å²) in [5.74, 6) is 1.31. The van der Waals surface area contributed by atoms with Crippen molar-refractivity contribution >= 4 is 5.82 Å². The highest BCUT2D eigenvalue weighted by Gasteiger charge is 2.30. The molecule has 2 atom stereocenters. The standard InChI is InChI=1S/C14H18N4/c1-9-7-18(8-12(9)16)14-11(6-15)5-10-3-2-4-13(10)17-14/h5,9,12H,2-4,7-8,16H2,1H3. The van der Waals surface area contributed by atoms with Gasteiger partial charge in [0.1, 0.15) is 11.9 Å². The lowest BCUT2D eigenvalue weighted by Crippen LogP contribution is -2.29. The number of aromatic nitrogens is 1. The Morgan fingerprint density at radius 1 is 1.44 bits per heavy atom. The van der Waals surface area contributed by atoms with Crippen molar-refractivity contribution in [2.24, 2.45) is 11.7 Å². The van der Waals surface area contributed by atoms with Crippen molar-refractivity contribution < 1.29 is 0 Å². The zero-order valence-corrected chi connectivity index (χ0v) is 10.7. The molecule has 4 heteroatoms. The van der Waals surface area contributed by atoms with Gasteiger partial charge in [0.05, 0.1) is 5.56 Å². The molecule has 1 saturated heterocycles. The zero-order valence-electron chi connectivity index (χ0n) is 10.7. The van der Waals surface area contributed by atoms with E-state index in [1.54, 1.807) is 0 Å². The topological polar surface area (TPSA) is 65.9 Å². The summed E-state index contributed by atoms with van der Waals surface area (Å²) in [5, 5.41) is 9.29. The van der Waals surface area contributed by atoms with Crippen LogP contribution in [-0.4, -0.2) is 24.1 Å². The number of aryl methyl sites for hydroxylation is 2.